The maximum absolute atomic E-state index is 11.6. The Balaban J connectivity index is 2.27. The lowest BCUT2D eigenvalue weighted by molar-refractivity contribution is -0.153. The standard InChI is InChI=1S/C15H20BrNO3/c1-15(14(18)19)7-3-4-8-17(15)10-11-9-12(16)5-6-13(11)20-2/h5-6,9H,3-4,7-8,10H2,1-2H3,(H,18,19). The molecule has 0 saturated carbocycles. The zero-order valence-corrected chi connectivity index (χ0v) is 13.4. The van der Waals surface area contributed by atoms with Gasteiger partial charge in [-0.05, 0) is 50.9 Å². The first-order valence-electron chi connectivity index (χ1n) is 6.78. The predicted octanol–water partition coefficient (Wildman–Crippen LogP) is 3.29. The van der Waals surface area contributed by atoms with E-state index < -0.39 is 11.5 Å². The number of aliphatic carboxylic acids is 1. The van der Waals surface area contributed by atoms with Crippen molar-refractivity contribution >= 4 is 21.9 Å². The largest absolute Gasteiger partial charge is 0.496 e. The van der Waals surface area contributed by atoms with Gasteiger partial charge in [0.05, 0.1) is 7.11 Å². The summed E-state index contributed by atoms with van der Waals surface area (Å²) in [6.45, 7) is 3.21. The molecular formula is C15H20BrNO3. The molecule has 1 aliphatic rings. The Morgan fingerprint density at radius 3 is 2.90 bits per heavy atom. The first kappa shape index (κ1) is 15.3. The van der Waals surface area contributed by atoms with Crippen LogP contribution in [0.15, 0.2) is 22.7 Å². The van der Waals surface area contributed by atoms with Crippen LogP contribution < -0.4 is 4.74 Å². The van der Waals surface area contributed by atoms with Crippen LogP contribution in [-0.2, 0) is 11.3 Å². The molecule has 1 saturated heterocycles. The fourth-order valence-corrected chi connectivity index (χ4v) is 3.16. The number of carboxylic acid groups (broad SMARTS) is 1. The quantitative estimate of drug-likeness (QED) is 0.912. The van der Waals surface area contributed by atoms with Gasteiger partial charge in [0.25, 0.3) is 0 Å². The Labute approximate surface area is 127 Å². The van der Waals surface area contributed by atoms with Gasteiger partial charge >= 0.3 is 5.97 Å². The number of rotatable bonds is 4. The third-order valence-corrected chi connectivity index (χ3v) is 4.60. The molecule has 4 nitrogen and oxygen atoms in total. The SMILES string of the molecule is COc1ccc(Br)cc1CN1CCCCC1(C)C(=O)O. The van der Waals surface area contributed by atoms with Gasteiger partial charge in [-0.25, -0.2) is 0 Å². The van der Waals surface area contributed by atoms with E-state index in [-0.39, 0.29) is 0 Å². The molecule has 1 aliphatic heterocycles. The van der Waals surface area contributed by atoms with Crippen LogP contribution in [0.5, 0.6) is 5.75 Å². The summed E-state index contributed by atoms with van der Waals surface area (Å²) in [6.07, 6.45) is 2.70. The maximum atomic E-state index is 11.6. The highest BCUT2D eigenvalue weighted by atomic mass is 79.9. The van der Waals surface area contributed by atoms with Crippen LogP contribution in [-0.4, -0.2) is 35.2 Å². The van der Waals surface area contributed by atoms with Gasteiger partial charge in [-0.3, -0.25) is 9.69 Å². The molecule has 1 fully saturated rings. The van der Waals surface area contributed by atoms with E-state index in [9.17, 15) is 9.90 Å². The molecule has 110 valence electrons. The lowest BCUT2D eigenvalue weighted by Gasteiger charge is -2.41. The normalized spacial score (nSPS) is 23.6. The Bertz CT molecular complexity index is 506. The van der Waals surface area contributed by atoms with Crippen LogP contribution in [0.4, 0.5) is 0 Å². The molecule has 0 amide bonds. The van der Waals surface area contributed by atoms with E-state index in [0.717, 1.165) is 35.2 Å². The van der Waals surface area contributed by atoms with E-state index in [1.54, 1.807) is 7.11 Å². The third-order valence-electron chi connectivity index (χ3n) is 4.10. The van der Waals surface area contributed by atoms with Crippen molar-refractivity contribution < 1.29 is 14.6 Å². The average molecular weight is 342 g/mol. The van der Waals surface area contributed by atoms with Gasteiger partial charge in [-0.2, -0.15) is 0 Å². The molecule has 0 aromatic heterocycles. The molecule has 1 unspecified atom stereocenters. The van der Waals surface area contributed by atoms with Crippen molar-refractivity contribution in [2.75, 3.05) is 13.7 Å². The molecule has 1 atom stereocenters. The second-order valence-corrected chi connectivity index (χ2v) is 6.33. The monoisotopic (exact) mass is 341 g/mol. The minimum absolute atomic E-state index is 0.589. The number of piperidine rings is 1. The molecule has 0 spiro atoms. The fraction of sp³-hybridized carbons (Fsp3) is 0.533. The Morgan fingerprint density at radius 2 is 2.25 bits per heavy atom. The summed E-state index contributed by atoms with van der Waals surface area (Å²) in [7, 11) is 1.64. The molecule has 0 bridgehead atoms. The number of benzene rings is 1. The lowest BCUT2D eigenvalue weighted by atomic mass is 9.88. The molecule has 1 heterocycles. The lowest BCUT2D eigenvalue weighted by Crippen LogP contribution is -2.54. The summed E-state index contributed by atoms with van der Waals surface area (Å²) in [6, 6.07) is 5.83. The third kappa shape index (κ3) is 2.99. The van der Waals surface area contributed by atoms with Crippen molar-refractivity contribution in [1.82, 2.24) is 4.90 Å². The van der Waals surface area contributed by atoms with Crippen molar-refractivity contribution in [3.63, 3.8) is 0 Å². The molecule has 0 radical (unpaired) electrons. The number of nitrogens with zero attached hydrogens (tertiary/aromatic N) is 1. The summed E-state index contributed by atoms with van der Waals surface area (Å²) in [5, 5.41) is 9.54. The zero-order valence-electron chi connectivity index (χ0n) is 11.9. The summed E-state index contributed by atoms with van der Waals surface area (Å²) in [4.78, 5) is 13.7. The van der Waals surface area contributed by atoms with Crippen LogP contribution in [0, 0.1) is 0 Å². The van der Waals surface area contributed by atoms with Gasteiger partial charge in [0.15, 0.2) is 0 Å². The predicted molar refractivity (Wildman–Crippen MR) is 81.0 cm³/mol. The molecule has 5 heteroatoms. The van der Waals surface area contributed by atoms with Crippen molar-refractivity contribution in [2.45, 2.75) is 38.3 Å². The van der Waals surface area contributed by atoms with E-state index in [4.69, 9.17) is 4.74 Å². The van der Waals surface area contributed by atoms with Gasteiger partial charge in [-0.15, -0.1) is 0 Å². The number of hydrogen-bond donors (Lipinski definition) is 1. The minimum Gasteiger partial charge on any atom is -0.496 e. The number of hydrogen-bond acceptors (Lipinski definition) is 3. The second-order valence-electron chi connectivity index (χ2n) is 5.41. The Kier molecular flexibility index (Phi) is 4.70. The summed E-state index contributed by atoms with van der Waals surface area (Å²) < 4.78 is 6.35. The van der Waals surface area contributed by atoms with Crippen molar-refractivity contribution in [3.8, 4) is 5.75 Å². The first-order valence-corrected chi connectivity index (χ1v) is 7.57. The highest BCUT2D eigenvalue weighted by Crippen LogP contribution is 2.32. The average Bonchev–Trinajstić information content (AvgIpc) is 2.41. The van der Waals surface area contributed by atoms with E-state index in [1.165, 1.54) is 0 Å². The van der Waals surface area contributed by atoms with Crippen LogP contribution in [0.2, 0.25) is 0 Å². The van der Waals surface area contributed by atoms with Crippen LogP contribution in [0.1, 0.15) is 31.7 Å². The Hall–Kier alpha value is -1.07. The van der Waals surface area contributed by atoms with E-state index >= 15 is 0 Å². The fourth-order valence-electron chi connectivity index (χ4n) is 2.75. The van der Waals surface area contributed by atoms with Crippen molar-refractivity contribution in [3.05, 3.63) is 28.2 Å². The Morgan fingerprint density at radius 1 is 1.50 bits per heavy atom. The molecule has 1 aromatic carbocycles. The summed E-state index contributed by atoms with van der Waals surface area (Å²) in [5.74, 6) is 0.0534. The highest BCUT2D eigenvalue weighted by molar-refractivity contribution is 9.10. The minimum atomic E-state index is -0.786. The van der Waals surface area contributed by atoms with Gasteiger partial charge in [0.1, 0.15) is 11.3 Å². The van der Waals surface area contributed by atoms with Gasteiger partial charge in [-0.1, -0.05) is 15.9 Å². The van der Waals surface area contributed by atoms with Crippen LogP contribution >= 0.6 is 15.9 Å². The van der Waals surface area contributed by atoms with Crippen molar-refractivity contribution in [1.29, 1.82) is 0 Å². The van der Waals surface area contributed by atoms with E-state index in [1.807, 2.05) is 30.0 Å². The molecule has 20 heavy (non-hydrogen) atoms. The topological polar surface area (TPSA) is 49.8 Å². The summed E-state index contributed by atoms with van der Waals surface area (Å²) in [5.41, 5.74) is 0.224. The molecule has 1 aromatic rings. The molecule has 1 N–H and O–H groups in total. The number of halogens is 1. The summed E-state index contributed by atoms with van der Waals surface area (Å²) >= 11 is 3.46. The van der Waals surface area contributed by atoms with Crippen LogP contribution in [0.3, 0.4) is 0 Å². The number of methoxy groups -OCH3 is 1. The molecular weight excluding hydrogens is 322 g/mol. The first-order chi connectivity index (χ1) is 9.47. The van der Waals surface area contributed by atoms with Crippen LogP contribution in [0.25, 0.3) is 0 Å². The maximum Gasteiger partial charge on any atom is 0.323 e. The second kappa shape index (κ2) is 6.14. The van der Waals surface area contributed by atoms with Crippen molar-refractivity contribution in [2.24, 2.45) is 0 Å². The molecule has 0 aliphatic carbocycles. The van der Waals surface area contributed by atoms with Gasteiger partial charge < -0.3 is 9.84 Å². The number of carbonyl (C=O) groups is 1. The van der Waals surface area contributed by atoms with Gasteiger partial charge in [0.2, 0.25) is 0 Å². The van der Waals surface area contributed by atoms with E-state index in [2.05, 4.69) is 15.9 Å². The number of likely N-dealkylation sites (tertiary alicyclic amines) is 1. The molecule has 2 rings (SSSR count). The smallest absolute Gasteiger partial charge is 0.323 e. The van der Waals surface area contributed by atoms with Gasteiger partial charge in [0, 0.05) is 16.6 Å². The zero-order chi connectivity index (χ0) is 14.8. The number of ether oxygens (including phenoxy) is 1. The van der Waals surface area contributed by atoms with E-state index in [0.29, 0.717) is 13.0 Å². The highest BCUT2D eigenvalue weighted by Gasteiger charge is 2.41. The number of carboxylic acids is 1.